The molecule has 0 aliphatic rings. The lowest BCUT2D eigenvalue weighted by Crippen LogP contribution is -2.37. The van der Waals surface area contributed by atoms with Crippen molar-refractivity contribution < 1.29 is 17.4 Å². The molecule has 1 amide bonds. The molecule has 0 fully saturated rings. The highest BCUT2D eigenvalue weighted by Crippen LogP contribution is 2.36. The van der Waals surface area contributed by atoms with Crippen LogP contribution in [0.2, 0.25) is 0 Å². The van der Waals surface area contributed by atoms with E-state index in [0.29, 0.717) is 16.3 Å². The molecule has 9 nitrogen and oxygen atoms in total. The molecule has 0 aliphatic carbocycles. The van der Waals surface area contributed by atoms with Crippen molar-refractivity contribution in [1.29, 1.82) is 0 Å². The van der Waals surface area contributed by atoms with E-state index < -0.39 is 21.2 Å². The van der Waals surface area contributed by atoms with Gasteiger partial charge in [0, 0.05) is 48.2 Å². The zero-order chi connectivity index (χ0) is 25.1. The van der Waals surface area contributed by atoms with Gasteiger partial charge >= 0.3 is 0 Å². The van der Waals surface area contributed by atoms with Crippen LogP contribution in [0.3, 0.4) is 0 Å². The number of carbonyl (C=O) groups excluding carboxylic acids is 1. The molecule has 3 aromatic rings. The molecule has 0 spiro atoms. The predicted molar refractivity (Wildman–Crippen MR) is 138 cm³/mol. The zero-order valence-electron chi connectivity index (χ0n) is 19.4. The Morgan fingerprint density at radius 2 is 1.71 bits per heavy atom. The molecule has 0 bridgehead atoms. The first-order valence-corrected chi connectivity index (χ1v) is 13.7. The van der Waals surface area contributed by atoms with E-state index in [2.05, 4.69) is 24.5 Å². The Bertz CT molecular complexity index is 1310. The summed E-state index contributed by atoms with van der Waals surface area (Å²) in [6.07, 6.45) is 1.71. The highest BCUT2D eigenvalue weighted by Gasteiger charge is 2.20. The molecule has 1 atom stereocenters. The largest absolute Gasteiger partial charge is 0.326 e. The van der Waals surface area contributed by atoms with Crippen molar-refractivity contribution >= 4 is 49.8 Å². The third-order valence-corrected chi connectivity index (χ3v) is 7.98. The molecule has 2 aromatic carbocycles. The number of carbonyl (C=O) groups is 1. The second-order valence-electron chi connectivity index (χ2n) is 8.43. The number of hydrogen-bond donors (Lipinski definition) is 4. The molecule has 0 saturated heterocycles. The Hall–Kier alpha value is -2.64. The summed E-state index contributed by atoms with van der Waals surface area (Å²) in [5.74, 6) is -0.214. The fourth-order valence-electron chi connectivity index (χ4n) is 2.91. The fourth-order valence-corrected chi connectivity index (χ4v) is 5.76. The molecule has 0 saturated carbocycles. The van der Waals surface area contributed by atoms with Crippen LogP contribution in [0.4, 0.5) is 11.4 Å². The van der Waals surface area contributed by atoms with Gasteiger partial charge in [0.05, 0.1) is 9.77 Å². The number of thiazole rings is 1. The van der Waals surface area contributed by atoms with Gasteiger partial charge in [-0.05, 0) is 57.2 Å². The third-order valence-electron chi connectivity index (χ3n) is 4.32. The van der Waals surface area contributed by atoms with E-state index in [1.165, 1.54) is 25.3 Å². The first-order chi connectivity index (χ1) is 15.9. The Morgan fingerprint density at radius 3 is 2.29 bits per heavy atom. The Balaban J connectivity index is 1.94. The average Bonchev–Trinajstić information content (AvgIpc) is 3.22. The van der Waals surface area contributed by atoms with E-state index in [0.717, 1.165) is 21.0 Å². The summed E-state index contributed by atoms with van der Waals surface area (Å²) in [7, 11) is -3.80. The number of anilines is 2. The second kappa shape index (κ2) is 10.3. The molecule has 0 aliphatic heterocycles. The first-order valence-electron chi connectivity index (χ1n) is 10.3. The number of nitrogens with one attached hydrogen (secondary N) is 4. The van der Waals surface area contributed by atoms with Crippen LogP contribution in [-0.4, -0.2) is 36.1 Å². The third kappa shape index (κ3) is 6.93. The summed E-state index contributed by atoms with van der Waals surface area (Å²) in [4.78, 5) is 17.4. The molecule has 0 radical (unpaired) electrons. The topological polar surface area (TPSA) is 129 Å². The predicted octanol–water partition coefficient (Wildman–Crippen LogP) is 3.72. The van der Waals surface area contributed by atoms with Gasteiger partial charge in [0.2, 0.25) is 5.91 Å². The normalized spacial score (nSPS) is 12.9. The maximum absolute atomic E-state index is 13.2. The maximum atomic E-state index is 13.2. The molecule has 34 heavy (non-hydrogen) atoms. The van der Waals surface area contributed by atoms with Crippen LogP contribution in [0.5, 0.6) is 0 Å². The van der Waals surface area contributed by atoms with Gasteiger partial charge < -0.3 is 5.32 Å². The summed E-state index contributed by atoms with van der Waals surface area (Å²) in [6.45, 7) is 7.19. The number of aromatic nitrogens is 1. The van der Waals surface area contributed by atoms with E-state index >= 15 is 0 Å². The van der Waals surface area contributed by atoms with Gasteiger partial charge in [-0.1, -0.05) is 6.07 Å². The minimum Gasteiger partial charge on any atom is -0.326 e. The number of rotatable bonds is 8. The Morgan fingerprint density at radius 1 is 1.06 bits per heavy atom. The zero-order valence-corrected chi connectivity index (χ0v) is 21.9. The number of benzene rings is 2. The minimum absolute atomic E-state index is 0.214. The van der Waals surface area contributed by atoms with Gasteiger partial charge in [-0.25, -0.2) is 18.6 Å². The lowest BCUT2D eigenvalue weighted by atomic mass is 10.1. The van der Waals surface area contributed by atoms with Crippen molar-refractivity contribution in [3.05, 3.63) is 48.7 Å². The first kappa shape index (κ1) is 26.0. The number of hydrogen-bond acceptors (Lipinski definition) is 6. The molecule has 4 N–H and O–H groups in total. The Kier molecular flexibility index (Phi) is 7.88. The quantitative estimate of drug-likeness (QED) is 0.359. The molecular weight excluding hydrogens is 494 g/mol. The van der Waals surface area contributed by atoms with Crippen molar-refractivity contribution in [1.82, 2.24) is 14.4 Å². The van der Waals surface area contributed by atoms with Crippen molar-refractivity contribution in [2.45, 2.75) is 38.1 Å². The summed E-state index contributed by atoms with van der Waals surface area (Å²) in [5, 5.41) is 3.46. The number of nitrogens with zero attached hydrogens (tertiary/aromatic N) is 1. The second-order valence-corrected chi connectivity index (χ2v) is 12.3. The monoisotopic (exact) mass is 521 g/mol. The lowest BCUT2D eigenvalue weighted by Gasteiger charge is -2.21. The summed E-state index contributed by atoms with van der Waals surface area (Å²) in [6, 6.07) is 12.1. The maximum Gasteiger partial charge on any atom is 0.298 e. The van der Waals surface area contributed by atoms with E-state index in [-0.39, 0.29) is 11.4 Å². The number of amides is 1. The Labute approximate surface area is 206 Å². The van der Waals surface area contributed by atoms with E-state index in [9.17, 15) is 17.4 Å². The molecule has 1 heterocycles. The van der Waals surface area contributed by atoms with Crippen molar-refractivity contribution in [2.75, 3.05) is 17.1 Å². The van der Waals surface area contributed by atoms with Crippen molar-refractivity contribution in [3.63, 3.8) is 0 Å². The minimum atomic E-state index is -3.59. The van der Waals surface area contributed by atoms with Crippen LogP contribution < -0.4 is 19.5 Å². The smallest absolute Gasteiger partial charge is 0.298 e. The molecular formula is C22H27N5O4S3. The van der Waals surface area contributed by atoms with Gasteiger partial charge in [-0.3, -0.25) is 9.52 Å². The van der Waals surface area contributed by atoms with Gasteiger partial charge in [0.15, 0.2) is 0 Å². The molecule has 12 heteroatoms. The van der Waals surface area contributed by atoms with E-state index in [1.807, 2.05) is 26.8 Å². The highest BCUT2D eigenvalue weighted by atomic mass is 32.2. The van der Waals surface area contributed by atoms with Gasteiger partial charge in [0.25, 0.3) is 10.2 Å². The lowest BCUT2D eigenvalue weighted by molar-refractivity contribution is -0.114. The highest BCUT2D eigenvalue weighted by molar-refractivity contribution is 7.90. The van der Waals surface area contributed by atoms with Crippen LogP contribution >= 0.6 is 11.3 Å². The van der Waals surface area contributed by atoms with Crippen LogP contribution in [-0.2, 0) is 26.0 Å². The van der Waals surface area contributed by atoms with E-state index in [4.69, 9.17) is 0 Å². The standard InChI is InChI=1S/C22H27N5O4S3/c1-14(28)25-17-10-11-18(20(12-17)33(29)27-22(2,3)4)19-13-24-21(32-19)15-6-8-16(9-7-15)26-34(30,31)23-5/h6-13,23,26-27H,1-5H3,(H,25,28). The average molecular weight is 522 g/mol. The summed E-state index contributed by atoms with van der Waals surface area (Å²) >= 11 is 1.42. The van der Waals surface area contributed by atoms with Crippen molar-refractivity contribution in [2.24, 2.45) is 0 Å². The molecule has 1 unspecified atom stereocenters. The van der Waals surface area contributed by atoms with Crippen molar-refractivity contribution in [3.8, 4) is 21.0 Å². The van der Waals surface area contributed by atoms with Crippen LogP contribution in [0, 0.1) is 0 Å². The van der Waals surface area contributed by atoms with Crippen LogP contribution in [0.25, 0.3) is 21.0 Å². The van der Waals surface area contributed by atoms with Gasteiger partial charge in [0.1, 0.15) is 16.0 Å². The summed E-state index contributed by atoms with van der Waals surface area (Å²) in [5.41, 5.74) is 2.15. The van der Waals surface area contributed by atoms with Crippen LogP contribution in [0.15, 0.2) is 53.6 Å². The SMILES string of the molecule is CNS(=O)(=O)Nc1ccc(-c2ncc(-c3ccc(NC(C)=O)cc3S(=O)NC(C)(C)C)s2)cc1. The molecule has 1 aromatic heterocycles. The summed E-state index contributed by atoms with van der Waals surface area (Å²) < 4.78 is 44.1. The molecule has 3 rings (SSSR count). The van der Waals surface area contributed by atoms with Crippen LogP contribution in [0.1, 0.15) is 27.7 Å². The molecule has 182 valence electrons. The van der Waals surface area contributed by atoms with Gasteiger partial charge in [-0.2, -0.15) is 8.42 Å². The fraction of sp³-hybridized carbons (Fsp3) is 0.273. The van der Waals surface area contributed by atoms with E-state index in [1.54, 1.807) is 42.6 Å². The van der Waals surface area contributed by atoms with Gasteiger partial charge in [-0.15, -0.1) is 11.3 Å².